The maximum absolute atomic E-state index is 13.8. The van der Waals surface area contributed by atoms with Crippen molar-refractivity contribution in [2.75, 3.05) is 32.8 Å². The van der Waals surface area contributed by atoms with Gasteiger partial charge in [-0.15, -0.1) is 0 Å². The molecule has 2 heterocycles. The smallest absolute Gasteiger partial charge is 0.243 e. The van der Waals surface area contributed by atoms with Crippen LogP contribution in [0.5, 0.6) is 5.75 Å². The van der Waals surface area contributed by atoms with Gasteiger partial charge in [-0.1, -0.05) is 11.6 Å². The molecule has 196 valence electrons. The van der Waals surface area contributed by atoms with Gasteiger partial charge in [-0.25, -0.2) is 17.2 Å². The molecule has 4 rings (SSSR count). The highest BCUT2D eigenvalue weighted by Gasteiger charge is 2.43. The molecule has 0 aromatic heterocycles. The quantitative estimate of drug-likeness (QED) is 0.485. The number of carbonyl (C=O) groups is 1. The van der Waals surface area contributed by atoms with Crippen LogP contribution in [0, 0.1) is 24.0 Å². The number of carbonyl (C=O) groups excluding carboxylic acids is 1. The lowest BCUT2D eigenvalue weighted by atomic mass is 9.78. The van der Waals surface area contributed by atoms with Crippen molar-refractivity contribution in [2.45, 2.75) is 50.3 Å². The minimum Gasteiger partial charge on any atom is -0.493 e. The molecule has 2 aliphatic rings. The number of hydrogen-bond donors (Lipinski definition) is 0. The largest absolute Gasteiger partial charge is 0.493 e. The third kappa shape index (κ3) is 6.18. The van der Waals surface area contributed by atoms with E-state index < -0.39 is 32.0 Å². The molecule has 6 nitrogen and oxygen atoms in total. The summed E-state index contributed by atoms with van der Waals surface area (Å²) in [5.41, 5.74) is 0.0489. The Balaban J connectivity index is 1.60. The van der Waals surface area contributed by atoms with Gasteiger partial charge in [0.2, 0.25) is 15.9 Å². The van der Waals surface area contributed by atoms with Gasteiger partial charge in [0.05, 0.1) is 11.5 Å². The monoisotopic (exact) mass is 540 g/mol. The Bertz CT molecular complexity index is 1200. The van der Waals surface area contributed by atoms with Gasteiger partial charge < -0.3 is 9.64 Å². The van der Waals surface area contributed by atoms with Gasteiger partial charge in [0.1, 0.15) is 17.4 Å². The van der Waals surface area contributed by atoms with Crippen LogP contribution in [0.4, 0.5) is 8.78 Å². The lowest BCUT2D eigenvalue weighted by Gasteiger charge is -2.42. The van der Waals surface area contributed by atoms with Gasteiger partial charge in [0, 0.05) is 49.1 Å². The summed E-state index contributed by atoms with van der Waals surface area (Å²) in [4.78, 5) is 14.7. The minimum atomic E-state index is -4.18. The maximum Gasteiger partial charge on any atom is 0.243 e. The van der Waals surface area contributed by atoms with Gasteiger partial charge in [0.25, 0.3) is 0 Å². The SMILES string of the molecule is Cc1cc(OC[C@@]2(CC(=O)N3CCCCC3)CCCN(S(=O)(=O)c3cc(F)cc(F)c3)C2)ccc1Cl. The van der Waals surface area contributed by atoms with Crippen molar-refractivity contribution in [1.82, 2.24) is 9.21 Å². The molecule has 2 fully saturated rings. The average molecular weight is 541 g/mol. The fourth-order valence-corrected chi connectivity index (χ4v) is 6.78. The molecule has 0 spiro atoms. The fraction of sp³-hybridized carbons (Fsp3) is 0.500. The molecular formula is C26H31ClF2N2O4S. The van der Waals surface area contributed by atoms with E-state index in [1.54, 1.807) is 18.2 Å². The molecule has 1 atom stereocenters. The zero-order valence-corrected chi connectivity index (χ0v) is 21.9. The van der Waals surface area contributed by atoms with Crippen LogP contribution in [0.25, 0.3) is 0 Å². The number of nitrogens with zero attached hydrogens (tertiary/aromatic N) is 2. The van der Waals surface area contributed by atoms with Crippen LogP contribution in [-0.2, 0) is 14.8 Å². The molecule has 0 saturated carbocycles. The van der Waals surface area contributed by atoms with E-state index >= 15 is 0 Å². The average Bonchev–Trinajstić information content (AvgIpc) is 2.85. The van der Waals surface area contributed by atoms with E-state index in [-0.39, 0.29) is 32.0 Å². The van der Waals surface area contributed by atoms with Crippen LogP contribution >= 0.6 is 11.6 Å². The van der Waals surface area contributed by atoms with Crippen molar-refractivity contribution in [3.8, 4) is 5.75 Å². The molecule has 2 saturated heterocycles. The highest BCUT2D eigenvalue weighted by molar-refractivity contribution is 7.89. The van der Waals surface area contributed by atoms with Crippen LogP contribution in [-0.4, -0.2) is 56.3 Å². The number of likely N-dealkylation sites (tertiary alicyclic amines) is 1. The van der Waals surface area contributed by atoms with Crippen molar-refractivity contribution in [3.63, 3.8) is 0 Å². The topological polar surface area (TPSA) is 66.9 Å². The summed E-state index contributed by atoms with van der Waals surface area (Å²) in [6, 6.07) is 7.55. The summed E-state index contributed by atoms with van der Waals surface area (Å²) in [5, 5.41) is 0.606. The Morgan fingerprint density at radius 3 is 2.39 bits per heavy atom. The van der Waals surface area contributed by atoms with Crippen LogP contribution in [0.3, 0.4) is 0 Å². The summed E-state index contributed by atoms with van der Waals surface area (Å²) in [5.74, 6) is -1.37. The number of amides is 1. The van der Waals surface area contributed by atoms with E-state index in [9.17, 15) is 22.0 Å². The molecule has 0 N–H and O–H groups in total. The summed E-state index contributed by atoms with van der Waals surface area (Å²) < 4.78 is 61.7. The number of halogens is 3. The number of ether oxygens (including phenoxy) is 1. The predicted octanol–water partition coefficient (Wildman–Crippen LogP) is 5.18. The Morgan fingerprint density at radius 2 is 1.72 bits per heavy atom. The first-order valence-corrected chi connectivity index (χ1v) is 14.0. The molecule has 2 aliphatic heterocycles. The number of piperidine rings is 2. The number of benzene rings is 2. The zero-order valence-electron chi connectivity index (χ0n) is 20.3. The molecule has 0 unspecified atom stereocenters. The third-order valence-corrected chi connectivity index (χ3v) is 9.26. The Morgan fingerprint density at radius 1 is 1.03 bits per heavy atom. The molecule has 10 heteroatoms. The third-order valence-electron chi connectivity index (χ3n) is 7.01. The van der Waals surface area contributed by atoms with Crippen molar-refractivity contribution in [1.29, 1.82) is 0 Å². The van der Waals surface area contributed by atoms with E-state index in [2.05, 4.69) is 0 Å². The summed E-state index contributed by atoms with van der Waals surface area (Å²) >= 11 is 6.13. The first kappa shape index (κ1) is 26.8. The lowest BCUT2D eigenvalue weighted by molar-refractivity contribution is -0.136. The number of aryl methyl sites for hydroxylation is 1. The molecule has 0 bridgehead atoms. The first-order chi connectivity index (χ1) is 17.1. The first-order valence-electron chi connectivity index (χ1n) is 12.2. The minimum absolute atomic E-state index is 0.0135. The van der Waals surface area contributed by atoms with E-state index in [1.807, 2.05) is 11.8 Å². The number of rotatable bonds is 7. The van der Waals surface area contributed by atoms with E-state index in [4.69, 9.17) is 16.3 Å². The molecule has 36 heavy (non-hydrogen) atoms. The lowest BCUT2D eigenvalue weighted by Crippen LogP contribution is -2.51. The molecule has 0 radical (unpaired) electrons. The van der Waals surface area contributed by atoms with E-state index in [0.29, 0.717) is 42.8 Å². The van der Waals surface area contributed by atoms with Crippen LogP contribution in [0.1, 0.15) is 44.1 Å². The van der Waals surface area contributed by atoms with Crippen LogP contribution < -0.4 is 4.74 Å². The standard InChI is InChI=1S/C26H31ClF2N2O4S/c1-19-12-22(6-7-24(19)27)35-18-26(16-25(32)30-9-3-2-4-10-30)8-5-11-31(17-26)36(33,34)23-14-20(28)13-21(29)15-23/h6-7,12-15H,2-5,8-11,16-18H2,1H3/t26-/m1/s1. The van der Waals surface area contributed by atoms with Crippen LogP contribution in [0.15, 0.2) is 41.3 Å². The Labute approximate surface area is 216 Å². The van der Waals surface area contributed by atoms with E-state index in [1.165, 1.54) is 4.31 Å². The number of sulfonamides is 1. The zero-order chi connectivity index (χ0) is 25.9. The van der Waals surface area contributed by atoms with Crippen molar-refractivity contribution < 1.29 is 26.7 Å². The van der Waals surface area contributed by atoms with Crippen LogP contribution in [0.2, 0.25) is 5.02 Å². The maximum atomic E-state index is 13.8. The Kier molecular flexibility index (Phi) is 8.22. The van der Waals surface area contributed by atoms with E-state index in [0.717, 1.165) is 37.0 Å². The van der Waals surface area contributed by atoms with Gasteiger partial charge >= 0.3 is 0 Å². The van der Waals surface area contributed by atoms with Gasteiger partial charge in [0.15, 0.2) is 0 Å². The molecule has 2 aromatic carbocycles. The molecule has 1 amide bonds. The second kappa shape index (κ2) is 11.0. The van der Waals surface area contributed by atoms with Crippen molar-refractivity contribution in [3.05, 3.63) is 58.6 Å². The van der Waals surface area contributed by atoms with Gasteiger partial charge in [-0.05, 0) is 74.9 Å². The summed E-state index contributed by atoms with van der Waals surface area (Å²) in [6.07, 6.45) is 4.19. The number of hydrogen-bond acceptors (Lipinski definition) is 4. The second-order valence-electron chi connectivity index (χ2n) is 9.87. The van der Waals surface area contributed by atoms with Crippen molar-refractivity contribution >= 4 is 27.5 Å². The molecule has 2 aromatic rings. The predicted molar refractivity (Wildman–Crippen MR) is 134 cm³/mol. The van der Waals surface area contributed by atoms with Gasteiger partial charge in [-0.2, -0.15) is 4.31 Å². The Hall–Kier alpha value is -2.23. The summed E-state index contributed by atoms with van der Waals surface area (Å²) in [7, 11) is -4.18. The fourth-order valence-electron chi connectivity index (χ4n) is 5.03. The molecular weight excluding hydrogens is 510 g/mol. The highest BCUT2D eigenvalue weighted by Crippen LogP contribution is 2.38. The normalized spacial score (nSPS) is 21.4. The summed E-state index contributed by atoms with van der Waals surface area (Å²) in [6.45, 7) is 3.57. The molecule has 0 aliphatic carbocycles. The van der Waals surface area contributed by atoms with Gasteiger partial charge in [-0.3, -0.25) is 4.79 Å². The highest BCUT2D eigenvalue weighted by atomic mass is 35.5. The second-order valence-corrected chi connectivity index (χ2v) is 12.2. The van der Waals surface area contributed by atoms with Crippen molar-refractivity contribution in [2.24, 2.45) is 5.41 Å².